The summed E-state index contributed by atoms with van der Waals surface area (Å²) in [7, 11) is 0. The second-order valence-electron chi connectivity index (χ2n) is 4.89. The number of phenols is 1. The van der Waals surface area contributed by atoms with Gasteiger partial charge >= 0.3 is 0 Å². The minimum atomic E-state index is -0.330. The van der Waals surface area contributed by atoms with Crippen LogP contribution in [0.2, 0.25) is 0 Å². The number of ether oxygens (including phenoxy) is 1. The number of carbonyl (C=O) groups excluding carboxylic acids is 1. The van der Waals surface area contributed by atoms with E-state index >= 15 is 0 Å². The number of amides is 1. The Morgan fingerprint density at radius 2 is 2.12 bits per heavy atom. The highest BCUT2D eigenvalue weighted by Gasteiger charge is 2.09. The molecule has 0 bridgehead atoms. The highest BCUT2D eigenvalue weighted by atomic mass is 35.5. The van der Waals surface area contributed by atoms with Gasteiger partial charge in [-0.2, -0.15) is 5.10 Å². The summed E-state index contributed by atoms with van der Waals surface area (Å²) in [4.78, 5) is 15.8. The first-order chi connectivity index (χ1) is 11.7. The number of nitrogens with one attached hydrogen (secondary N) is 1. The average molecular weight is 362 g/mol. The fourth-order valence-electron chi connectivity index (χ4n) is 2.07. The molecule has 2 aromatic rings. The molecule has 0 spiro atoms. The summed E-state index contributed by atoms with van der Waals surface area (Å²) in [5.41, 5.74) is 4.29. The Morgan fingerprint density at radius 1 is 1.40 bits per heavy atom. The predicted molar refractivity (Wildman–Crippen MR) is 99.7 cm³/mol. The third-order valence-corrected chi connectivity index (χ3v) is 3.16. The van der Waals surface area contributed by atoms with Crippen LogP contribution in [0.4, 0.5) is 0 Å². The van der Waals surface area contributed by atoms with E-state index in [9.17, 15) is 9.90 Å². The van der Waals surface area contributed by atoms with Gasteiger partial charge in [0.15, 0.2) is 11.5 Å². The van der Waals surface area contributed by atoms with Crippen molar-refractivity contribution in [3.63, 3.8) is 0 Å². The van der Waals surface area contributed by atoms with E-state index in [-0.39, 0.29) is 24.1 Å². The summed E-state index contributed by atoms with van der Waals surface area (Å²) in [6.07, 6.45) is 6.75. The van der Waals surface area contributed by atoms with E-state index < -0.39 is 0 Å². The number of carbonyl (C=O) groups is 1. The quantitative estimate of drug-likeness (QED) is 0.451. The average Bonchev–Trinajstić information content (AvgIpc) is 2.60. The van der Waals surface area contributed by atoms with Crippen LogP contribution in [0.5, 0.6) is 11.5 Å². The SMILES string of the molecule is C=CCc1cc(C=NNC(=O)c2ccncc2)cc(OCC)c1O.Cl. The molecule has 0 radical (unpaired) electrons. The molecule has 0 aliphatic carbocycles. The molecule has 1 heterocycles. The van der Waals surface area contributed by atoms with Crippen LogP contribution in [0.15, 0.2) is 54.4 Å². The van der Waals surface area contributed by atoms with E-state index in [1.54, 1.807) is 30.3 Å². The second kappa shape index (κ2) is 10.1. The Hall–Kier alpha value is -2.86. The van der Waals surface area contributed by atoms with Crippen molar-refractivity contribution in [2.24, 2.45) is 5.10 Å². The van der Waals surface area contributed by atoms with Crippen LogP contribution in [0.25, 0.3) is 0 Å². The molecule has 1 amide bonds. The largest absolute Gasteiger partial charge is 0.504 e. The van der Waals surface area contributed by atoms with Crippen molar-refractivity contribution in [1.29, 1.82) is 0 Å². The summed E-state index contributed by atoms with van der Waals surface area (Å²) in [5, 5.41) is 14.1. The van der Waals surface area contributed by atoms with E-state index in [1.807, 2.05) is 6.92 Å². The molecule has 0 saturated carbocycles. The van der Waals surface area contributed by atoms with Gasteiger partial charge in [-0.05, 0) is 43.2 Å². The molecule has 0 aliphatic heterocycles. The number of phenolic OH excluding ortho intramolecular Hbond substituents is 1. The molecule has 0 aliphatic rings. The molecular weight excluding hydrogens is 342 g/mol. The van der Waals surface area contributed by atoms with Crippen LogP contribution in [-0.4, -0.2) is 28.8 Å². The Bertz CT molecular complexity index is 749. The highest BCUT2D eigenvalue weighted by Crippen LogP contribution is 2.31. The lowest BCUT2D eigenvalue weighted by Crippen LogP contribution is -2.17. The summed E-state index contributed by atoms with van der Waals surface area (Å²) < 4.78 is 5.42. The van der Waals surface area contributed by atoms with Gasteiger partial charge in [-0.15, -0.1) is 19.0 Å². The first-order valence-corrected chi connectivity index (χ1v) is 7.48. The number of rotatable bonds is 7. The van der Waals surface area contributed by atoms with Crippen LogP contribution in [0.3, 0.4) is 0 Å². The number of benzene rings is 1. The Balaban J connectivity index is 0.00000312. The molecule has 0 unspecified atom stereocenters. The smallest absolute Gasteiger partial charge is 0.271 e. The van der Waals surface area contributed by atoms with Crippen molar-refractivity contribution in [3.05, 3.63) is 66.0 Å². The van der Waals surface area contributed by atoms with Gasteiger partial charge in [0, 0.05) is 23.5 Å². The number of allylic oxidation sites excluding steroid dienone is 1. The molecule has 0 atom stereocenters. The first kappa shape index (κ1) is 20.2. The topological polar surface area (TPSA) is 83.8 Å². The second-order valence-corrected chi connectivity index (χ2v) is 4.89. The van der Waals surface area contributed by atoms with E-state index in [4.69, 9.17) is 4.74 Å². The lowest BCUT2D eigenvalue weighted by atomic mass is 10.1. The number of hydrogen-bond acceptors (Lipinski definition) is 5. The Morgan fingerprint density at radius 3 is 2.76 bits per heavy atom. The Kier molecular flexibility index (Phi) is 8.15. The van der Waals surface area contributed by atoms with Crippen LogP contribution < -0.4 is 10.2 Å². The fourth-order valence-corrected chi connectivity index (χ4v) is 2.07. The minimum absolute atomic E-state index is 0. The highest BCUT2D eigenvalue weighted by molar-refractivity contribution is 5.94. The molecule has 6 nitrogen and oxygen atoms in total. The van der Waals surface area contributed by atoms with E-state index in [1.165, 1.54) is 18.6 Å². The number of hydrazone groups is 1. The van der Waals surface area contributed by atoms with Crippen molar-refractivity contribution in [3.8, 4) is 11.5 Å². The number of nitrogens with zero attached hydrogens (tertiary/aromatic N) is 2. The number of hydrogen-bond donors (Lipinski definition) is 2. The molecule has 2 rings (SSSR count). The first-order valence-electron chi connectivity index (χ1n) is 7.48. The molecule has 1 aromatic carbocycles. The van der Waals surface area contributed by atoms with Crippen LogP contribution >= 0.6 is 12.4 Å². The van der Waals surface area contributed by atoms with E-state index in [0.29, 0.717) is 35.5 Å². The van der Waals surface area contributed by atoms with Crippen molar-refractivity contribution < 1.29 is 14.6 Å². The zero-order chi connectivity index (χ0) is 17.4. The maximum atomic E-state index is 11.9. The number of halogens is 1. The van der Waals surface area contributed by atoms with E-state index in [0.717, 1.165) is 0 Å². The predicted octanol–water partition coefficient (Wildman–Crippen LogP) is 3.10. The number of pyridine rings is 1. The molecule has 1 aromatic heterocycles. The lowest BCUT2D eigenvalue weighted by Gasteiger charge is -2.10. The van der Waals surface area contributed by atoms with Gasteiger partial charge in [0.1, 0.15) is 0 Å². The van der Waals surface area contributed by atoms with Crippen molar-refractivity contribution in [2.75, 3.05) is 6.61 Å². The zero-order valence-corrected chi connectivity index (χ0v) is 14.6. The molecule has 0 saturated heterocycles. The summed E-state index contributed by atoms with van der Waals surface area (Å²) in [6.45, 7) is 5.94. The fraction of sp³-hybridized carbons (Fsp3) is 0.167. The standard InChI is InChI=1S/C18H19N3O3.ClH/c1-3-5-15-10-13(11-16(17(15)22)24-4-2)12-20-21-18(23)14-6-8-19-9-7-14;/h3,6-12,22H,1,4-5H2,2H3,(H,21,23);1H. The molecule has 25 heavy (non-hydrogen) atoms. The molecule has 2 N–H and O–H groups in total. The van der Waals surface area contributed by atoms with E-state index in [2.05, 4.69) is 22.1 Å². The van der Waals surface area contributed by atoms with Gasteiger partial charge in [-0.25, -0.2) is 5.43 Å². The molecule has 132 valence electrons. The monoisotopic (exact) mass is 361 g/mol. The third-order valence-electron chi connectivity index (χ3n) is 3.16. The van der Waals surface area contributed by atoms with Gasteiger partial charge in [0.2, 0.25) is 0 Å². The van der Waals surface area contributed by atoms with Gasteiger partial charge in [0.25, 0.3) is 5.91 Å². The lowest BCUT2D eigenvalue weighted by molar-refractivity contribution is 0.0955. The van der Waals surface area contributed by atoms with Crippen molar-refractivity contribution in [2.45, 2.75) is 13.3 Å². The number of aromatic nitrogens is 1. The van der Waals surface area contributed by atoms with Gasteiger partial charge in [-0.3, -0.25) is 9.78 Å². The summed E-state index contributed by atoms with van der Waals surface area (Å²) >= 11 is 0. The maximum absolute atomic E-state index is 11.9. The zero-order valence-electron chi connectivity index (χ0n) is 13.8. The normalized spacial score (nSPS) is 10.1. The third kappa shape index (κ3) is 5.61. The van der Waals surface area contributed by atoms with Crippen LogP contribution in [0, 0.1) is 0 Å². The van der Waals surface area contributed by atoms with Crippen molar-refractivity contribution >= 4 is 24.5 Å². The summed E-state index contributed by atoms with van der Waals surface area (Å²) in [6, 6.07) is 6.62. The molecule has 0 fully saturated rings. The maximum Gasteiger partial charge on any atom is 0.271 e. The minimum Gasteiger partial charge on any atom is -0.504 e. The van der Waals surface area contributed by atoms with Crippen molar-refractivity contribution in [1.82, 2.24) is 10.4 Å². The van der Waals surface area contributed by atoms with Gasteiger partial charge in [0.05, 0.1) is 12.8 Å². The van der Waals surface area contributed by atoms with Gasteiger partial charge < -0.3 is 9.84 Å². The Labute approximate surface area is 152 Å². The summed E-state index contributed by atoms with van der Waals surface area (Å²) in [5.74, 6) is 0.136. The van der Waals surface area contributed by atoms with Crippen LogP contribution in [-0.2, 0) is 6.42 Å². The van der Waals surface area contributed by atoms with Gasteiger partial charge in [-0.1, -0.05) is 6.08 Å². The molecular formula is C18H20ClN3O3. The molecule has 7 heteroatoms. The number of aromatic hydroxyl groups is 1. The van der Waals surface area contributed by atoms with Crippen LogP contribution in [0.1, 0.15) is 28.4 Å².